The van der Waals surface area contributed by atoms with Gasteiger partial charge in [0.25, 0.3) is 5.91 Å². The standard InChI is InChI=1S/C18H18BrCl2NO4/c1-10(26-15-5-4-12(20)7-13(15)19)18(23)22-9-11-6-16(24-2)17(25-3)8-14(11)21/h4-8,10H,9H2,1-3H3,(H,22,23). The van der Waals surface area contributed by atoms with E-state index >= 15 is 0 Å². The van der Waals surface area contributed by atoms with Crippen LogP contribution in [-0.4, -0.2) is 26.2 Å². The van der Waals surface area contributed by atoms with Crippen molar-refractivity contribution in [2.75, 3.05) is 14.2 Å². The average molecular weight is 463 g/mol. The first-order valence-electron chi connectivity index (χ1n) is 7.65. The van der Waals surface area contributed by atoms with Crippen LogP contribution in [0.5, 0.6) is 17.2 Å². The second-order valence-electron chi connectivity index (χ2n) is 5.35. The van der Waals surface area contributed by atoms with Gasteiger partial charge in [0.1, 0.15) is 5.75 Å². The first-order valence-corrected chi connectivity index (χ1v) is 9.20. The highest BCUT2D eigenvalue weighted by molar-refractivity contribution is 9.10. The molecule has 0 aliphatic heterocycles. The first kappa shape index (κ1) is 20.7. The van der Waals surface area contributed by atoms with Crippen LogP contribution < -0.4 is 19.5 Å². The summed E-state index contributed by atoms with van der Waals surface area (Å²) in [6.07, 6.45) is -0.702. The van der Waals surface area contributed by atoms with Crippen molar-refractivity contribution in [2.24, 2.45) is 0 Å². The molecule has 2 aromatic rings. The van der Waals surface area contributed by atoms with E-state index < -0.39 is 6.10 Å². The zero-order valence-corrected chi connectivity index (χ0v) is 17.5. The number of ether oxygens (including phenoxy) is 3. The number of hydrogen-bond donors (Lipinski definition) is 1. The number of carbonyl (C=O) groups excluding carboxylic acids is 1. The van der Waals surface area contributed by atoms with Crippen molar-refractivity contribution in [3.05, 3.63) is 50.4 Å². The summed E-state index contributed by atoms with van der Waals surface area (Å²) in [5.74, 6) is 1.31. The third-order valence-corrected chi connectivity index (χ3v) is 4.78. The summed E-state index contributed by atoms with van der Waals surface area (Å²) in [4.78, 5) is 12.3. The fourth-order valence-electron chi connectivity index (χ4n) is 2.17. The molecule has 0 fully saturated rings. The monoisotopic (exact) mass is 461 g/mol. The number of hydrogen-bond acceptors (Lipinski definition) is 4. The van der Waals surface area contributed by atoms with E-state index in [2.05, 4.69) is 21.2 Å². The SMILES string of the molecule is COc1cc(Cl)c(CNC(=O)C(C)Oc2ccc(Cl)cc2Br)cc1OC. The third kappa shape index (κ3) is 5.19. The van der Waals surface area contributed by atoms with Gasteiger partial charge in [0.15, 0.2) is 17.6 Å². The van der Waals surface area contributed by atoms with Crippen LogP contribution in [0.25, 0.3) is 0 Å². The van der Waals surface area contributed by atoms with Gasteiger partial charge in [-0.25, -0.2) is 0 Å². The quantitative estimate of drug-likeness (QED) is 0.638. The molecular formula is C18H18BrCl2NO4. The van der Waals surface area contributed by atoms with Crippen LogP contribution in [-0.2, 0) is 11.3 Å². The molecule has 0 saturated heterocycles. The smallest absolute Gasteiger partial charge is 0.261 e. The zero-order chi connectivity index (χ0) is 19.3. The maximum atomic E-state index is 12.3. The maximum Gasteiger partial charge on any atom is 0.261 e. The Labute approximate surface area is 170 Å². The molecule has 0 radical (unpaired) electrons. The minimum Gasteiger partial charge on any atom is -0.493 e. The normalized spacial score (nSPS) is 11.6. The highest BCUT2D eigenvalue weighted by atomic mass is 79.9. The van der Waals surface area contributed by atoms with E-state index in [0.29, 0.717) is 37.3 Å². The average Bonchev–Trinajstić information content (AvgIpc) is 2.62. The number of nitrogens with one attached hydrogen (secondary N) is 1. The van der Waals surface area contributed by atoms with E-state index in [-0.39, 0.29) is 12.5 Å². The van der Waals surface area contributed by atoms with Gasteiger partial charge in [-0.1, -0.05) is 23.2 Å². The van der Waals surface area contributed by atoms with Crippen molar-refractivity contribution in [3.63, 3.8) is 0 Å². The zero-order valence-electron chi connectivity index (χ0n) is 14.4. The van der Waals surface area contributed by atoms with Gasteiger partial charge in [0.2, 0.25) is 0 Å². The van der Waals surface area contributed by atoms with Crippen LogP contribution >= 0.6 is 39.1 Å². The van der Waals surface area contributed by atoms with Crippen molar-refractivity contribution >= 4 is 45.0 Å². The summed E-state index contributed by atoms with van der Waals surface area (Å²) >= 11 is 15.5. The van der Waals surface area contributed by atoms with Gasteiger partial charge in [-0.3, -0.25) is 4.79 Å². The highest BCUT2D eigenvalue weighted by Crippen LogP contribution is 2.33. The van der Waals surface area contributed by atoms with Crippen LogP contribution in [0, 0.1) is 0 Å². The molecule has 140 valence electrons. The summed E-state index contributed by atoms with van der Waals surface area (Å²) < 4.78 is 16.8. The van der Waals surface area contributed by atoms with E-state index in [1.807, 2.05) is 0 Å². The van der Waals surface area contributed by atoms with E-state index in [1.165, 1.54) is 14.2 Å². The molecule has 26 heavy (non-hydrogen) atoms. The molecule has 0 spiro atoms. The summed E-state index contributed by atoms with van der Waals surface area (Å²) in [5.41, 5.74) is 0.706. The molecule has 0 aromatic heterocycles. The maximum absolute atomic E-state index is 12.3. The lowest BCUT2D eigenvalue weighted by molar-refractivity contribution is -0.127. The van der Waals surface area contributed by atoms with Gasteiger partial charge >= 0.3 is 0 Å². The Bertz CT molecular complexity index is 801. The van der Waals surface area contributed by atoms with Crippen LogP contribution in [0.2, 0.25) is 10.0 Å². The molecular weight excluding hydrogens is 445 g/mol. The molecule has 0 aliphatic rings. The van der Waals surface area contributed by atoms with Crippen molar-refractivity contribution in [2.45, 2.75) is 19.6 Å². The molecule has 1 atom stereocenters. The van der Waals surface area contributed by atoms with Gasteiger partial charge in [-0.15, -0.1) is 0 Å². The topological polar surface area (TPSA) is 56.8 Å². The fraction of sp³-hybridized carbons (Fsp3) is 0.278. The van der Waals surface area contributed by atoms with Crippen molar-refractivity contribution < 1.29 is 19.0 Å². The first-order chi connectivity index (χ1) is 12.3. The Morgan fingerprint density at radius 3 is 2.38 bits per heavy atom. The predicted octanol–water partition coefficient (Wildman–Crippen LogP) is 4.86. The second-order valence-corrected chi connectivity index (χ2v) is 7.05. The number of halogens is 3. The summed E-state index contributed by atoms with van der Waals surface area (Å²) in [7, 11) is 3.07. The molecule has 8 heteroatoms. The summed E-state index contributed by atoms with van der Waals surface area (Å²) in [5, 5.41) is 3.84. The van der Waals surface area contributed by atoms with Crippen LogP contribution in [0.4, 0.5) is 0 Å². The fourth-order valence-corrected chi connectivity index (χ4v) is 3.17. The van der Waals surface area contributed by atoms with E-state index in [9.17, 15) is 4.79 Å². The van der Waals surface area contributed by atoms with Gasteiger partial charge in [-0.2, -0.15) is 0 Å². The van der Waals surface area contributed by atoms with Crippen molar-refractivity contribution in [3.8, 4) is 17.2 Å². The second kappa shape index (κ2) is 9.35. The molecule has 0 heterocycles. The Hall–Kier alpha value is -1.63. The Kier molecular flexibility index (Phi) is 7.43. The Morgan fingerprint density at radius 1 is 1.12 bits per heavy atom. The van der Waals surface area contributed by atoms with Gasteiger partial charge < -0.3 is 19.5 Å². The molecule has 2 rings (SSSR count). The Balaban J connectivity index is 2.01. The number of benzene rings is 2. The lowest BCUT2D eigenvalue weighted by Gasteiger charge is -2.17. The van der Waals surface area contributed by atoms with Crippen molar-refractivity contribution in [1.29, 1.82) is 0 Å². The summed E-state index contributed by atoms with van der Waals surface area (Å²) in [6, 6.07) is 8.46. The van der Waals surface area contributed by atoms with E-state index in [1.54, 1.807) is 37.3 Å². The molecule has 0 aliphatic carbocycles. The van der Waals surface area contributed by atoms with Crippen molar-refractivity contribution in [1.82, 2.24) is 5.32 Å². The van der Waals surface area contributed by atoms with Crippen LogP contribution in [0.15, 0.2) is 34.8 Å². The minimum absolute atomic E-state index is 0.230. The Morgan fingerprint density at radius 2 is 1.77 bits per heavy atom. The summed E-state index contributed by atoms with van der Waals surface area (Å²) in [6.45, 7) is 1.89. The van der Waals surface area contributed by atoms with Crippen LogP contribution in [0.1, 0.15) is 12.5 Å². The molecule has 5 nitrogen and oxygen atoms in total. The molecule has 1 unspecified atom stereocenters. The van der Waals surface area contributed by atoms with E-state index in [0.717, 1.165) is 0 Å². The molecule has 2 aromatic carbocycles. The van der Waals surface area contributed by atoms with Gasteiger partial charge in [-0.05, 0) is 52.7 Å². The molecule has 0 saturated carbocycles. The molecule has 1 amide bonds. The number of methoxy groups -OCH3 is 2. The van der Waals surface area contributed by atoms with E-state index in [4.69, 9.17) is 37.4 Å². The number of amides is 1. The predicted molar refractivity (Wildman–Crippen MR) is 106 cm³/mol. The number of carbonyl (C=O) groups is 1. The lowest BCUT2D eigenvalue weighted by Crippen LogP contribution is -2.36. The minimum atomic E-state index is -0.702. The highest BCUT2D eigenvalue weighted by Gasteiger charge is 2.17. The number of rotatable bonds is 7. The van der Waals surface area contributed by atoms with Gasteiger partial charge in [0.05, 0.1) is 18.7 Å². The van der Waals surface area contributed by atoms with Gasteiger partial charge in [0, 0.05) is 22.7 Å². The van der Waals surface area contributed by atoms with Crippen LogP contribution in [0.3, 0.4) is 0 Å². The third-order valence-electron chi connectivity index (χ3n) is 3.57. The largest absolute Gasteiger partial charge is 0.493 e. The molecule has 1 N–H and O–H groups in total. The molecule has 0 bridgehead atoms. The lowest BCUT2D eigenvalue weighted by atomic mass is 10.2.